The highest BCUT2D eigenvalue weighted by molar-refractivity contribution is 5.93. The highest BCUT2D eigenvalue weighted by atomic mass is 16.5. The molecule has 1 atom stereocenters. The zero-order valence-corrected chi connectivity index (χ0v) is 9.84. The SMILES string of the molecule is CNC(=O)C(CC(=O)O)OC(=O)/C=C/C(=O)OC. The number of rotatable bonds is 6. The van der Waals surface area contributed by atoms with E-state index in [4.69, 9.17) is 5.11 Å². The number of methoxy groups -OCH3 is 1. The number of carbonyl (C=O) groups is 4. The number of carbonyl (C=O) groups excluding carboxylic acids is 3. The third-order valence-electron chi connectivity index (χ3n) is 1.71. The molecule has 0 fully saturated rings. The van der Waals surface area contributed by atoms with Crippen molar-refractivity contribution in [1.29, 1.82) is 0 Å². The molecular weight excluding hydrogens is 246 g/mol. The van der Waals surface area contributed by atoms with Gasteiger partial charge in [-0.25, -0.2) is 9.59 Å². The largest absolute Gasteiger partial charge is 0.481 e. The van der Waals surface area contributed by atoms with Gasteiger partial charge in [0, 0.05) is 19.2 Å². The minimum atomic E-state index is -1.46. The summed E-state index contributed by atoms with van der Waals surface area (Å²) >= 11 is 0. The van der Waals surface area contributed by atoms with Crippen molar-refractivity contribution in [2.24, 2.45) is 0 Å². The second-order valence-electron chi connectivity index (χ2n) is 2.99. The number of likely N-dealkylation sites (N-methyl/N-ethyl adjacent to an activating group) is 1. The van der Waals surface area contributed by atoms with Gasteiger partial charge in [0.1, 0.15) is 0 Å². The Balaban J connectivity index is 4.53. The molecule has 0 spiro atoms. The van der Waals surface area contributed by atoms with Crippen molar-refractivity contribution < 1.29 is 33.8 Å². The van der Waals surface area contributed by atoms with Crippen LogP contribution in [0.25, 0.3) is 0 Å². The van der Waals surface area contributed by atoms with Crippen LogP contribution in [0.15, 0.2) is 12.2 Å². The molecule has 0 saturated heterocycles. The van der Waals surface area contributed by atoms with Crippen LogP contribution >= 0.6 is 0 Å². The fourth-order valence-electron chi connectivity index (χ4n) is 0.891. The molecule has 0 aromatic rings. The molecule has 0 radical (unpaired) electrons. The van der Waals surface area contributed by atoms with Crippen molar-refractivity contribution in [3.8, 4) is 0 Å². The van der Waals surface area contributed by atoms with E-state index >= 15 is 0 Å². The molecular formula is C10H13NO7. The Kier molecular flexibility index (Phi) is 6.79. The van der Waals surface area contributed by atoms with Crippen LogP contribution in [-0.2, 0) is 28.7 Å². The van der Waals surface area contributed by atoms with E-state index < -0.39 is 36.3 Å². The van der Waals surface area contributed by atoms with Crippen molar-refractivity contribution in [2.75, 3.05) is 14.2 Å². The van der Waals surface area contributed by atoms with Crippen LogP contribution in [0.4, 0.5) is 0 Å². The van der Waals surface area contributed by atoms with E-state index in [2.05, 4.69) is 14.8 Å². The van der Waals surface area contributed by atoms with Crippen molar-refractivity contribution >= 4 is 23.8 Å². The van der Waals surface area contributed by atoms with Gasteiger partial charge in [0.15, 0.2) is 6.10 Å². The molecule has 100 valence electrons. The summed E-state index contributed by atoms with van der Waals surface area (Å²) in [5.74, 6) is -3.84. The van der Waals surface area contributed by atoms with Gasteiger partial charge in [-0.15, -0.1) is 0 Å². The molecule has 0 aromatic heterocycles. The van der Waals surface area contributed by atoms with Gasteiger partial charge >= 0.3 is 17.9 Å². The Morgan fingerprint density at radius 2 is 1.78 bits per heavy atom. The fourth-order valence-corrected chi connectivity index (χ4v) is 0.891. The molecule has 0 aliphatic rings. The summed E-state index contributed by atoms with van der Waals surface area (Å²) in [7, 11) is 2.39. The predicted octanol–water partition coefficient (Wildman–Crippen LogP) is -1.15. The first-order chi connectivity index (χ1) is 8.40. The lowest BCUT2D eigenvalue weighted by atomic mass is 10.2. The molecule has 0 aliphatic heterocycles. The van der Waals surface area contributed by atoms with E-state index in [0.717, 1.165) is 19.3 Å². The van der Waals surface area contributed by atoms with Crippen molar-refractivity contribution in [1.82, 2.24) is 5.32 Å². The number of aliphatic carboxylic acids is 1. The summed E-state index contributed by atoms with van der Waals surface area (Å²) in [6.45, 7) is 0. The van der Waals surface area contributed by atoms with E-state index in [1.165, 1.54) is 7.05 Å². The summed E-state index contributed by atoms with van der Waals surface area (Å²) in [6, 6.07) is 0. The molecule has 0 rings (SSSR count). The third-order valence-corrected chi connectivity index (χ3v) is 1.71. The summed E-state index contributed by atoms with van der Waals surface area (Å²) in [5, 5.41) is 10.7. The van der Waals surface area contributed by atoms with E-state index in [0.29, 0.717) is 0 Å². The van der Waals surface area contributed by atoms with Crippen LogP contribution < -0.4 is 5.32 Å². The van der Waals surface area contributed by atoms with E-state index in [1.54, 1.807) is 0 Å². The first-order valence-corrected chi connectivity index (χ1v) is 4.80. The summed E-state index contributed by atoms with van der Waals surface area (Å²) < 4.78 is 8.81. The molecule has 8 nitrogen and oxygen atoms in total. The van der Waals surface area contributed by atoms with Gasteiger partial charge in [-0.3, -0.25) is 9.59 Å². The molecule has 0 aliphatic carbocycles. The topological polar surface area (TPSA) is 119 Å². The number of esters is 2. The zero-order chi connectivity index (χ0) is 14.1. The van der Waals surface area contributed by atoms with Gasteiger partial charge in [0.05, 0.1) is 13.5 Å². The van der Waals surface area contributed by atoms with Crippen LogP contribution in [0.1, 0.15) is 6.42 Å². The van der Waals surface area contributed by atoms with Gasteiger partial charge in [0.2, 0.25) is 0 Å². The highest BCUT2D eigenvalue weighted by Crippen LogP contribution is 2.00. The lowest BCUT2D eigenvalue weighted by molar-refractivity contribution is -0.156. The van der Waals surface area contributed by atoms with Crippen LogP contribution in [0, 0.1) is 0 Å². The Morgan fingerprint density at radius 3 is 2.22 bits per heavy atom. The number of nitrogens with one attached hydrogen (secondary N) is 1. The quantitative estimate of drug-likeness (QED) is 0.456. The molecule has 0 saturated carbocycles. The van der Waals surface area contributed by atoms with Crippen molar-refractivity contribution in [2.45, 2.75) is 12.5 Å². The fraction of sp³-hybridized carbons (Fsp3) is 0.400. The minimum absolute atomic E-state index is 0.669. The summed E-state index contributed by atoms with van der Waals surface area (Å²) in [5.41, 5.74) is 0. The molecule has 0 bridgehead atoms. The van der Waals surface area contributed by atoms with Crippen molar-refractivity contribution in [3.63, 3.8) is 0 Å². The smallest absolute Gasteiger partial charge is 0.331 e. The van der Waals surface area contributed by atoms with Crippen molar-refractivity contribution in [3.05, 3.63) is 12.2 Å². The van der Waals surface area contributed by atoms with E-state index in [9.17, 15) is 19.2 Å². The average molecular weight is 259 g/mol. The number of hydrogen-bond donors (Lipinski definition) is 2. The zero-order valence-electron chi connectivity index (χ0n) is 9.84. The molecule has 8 heteroatoms. The van der Waals surface area contributed by atoms with Crippen LogP contribution in [0.3, 0.4) is 0 Å². The van der Waals surface area contributed by atoms with Gasteiger partial charge in [-0.05, 0) is 0 Å². The summed E-state index contributed by atoms with van der Waals surface area (Å²) in [6.07, 6.45) is -0.590. The summed E-state index contributed by atoms with van der Waals surface area (Å²) in [4.78, 5) is 43.5. The lowest BCUT2D eigenvalue weighted by Gasteiger charge is -2.12. The Labute approximate surface area is 103 Å². The maximum absolute atomic E-state index is 11.2. The maximum Gasteiger partial charge on any atom is 0.331 e. The standard InChI is InChI=1S/C10H13NO7/c1-11-10(16)6(5-7(12)13)18-9(15)4-3-8(14)17-2/h3-4,6H,5H2,1-2H3,(H,11,16)(H,12,13)/b4-3+. The molecule has 0 heterocycles. The van der Waals surface area contributed by atoms with Crippen LogP contribution in [0.5, 0.6) is 0 Å². The molecule has 18 heavy (non-hydrogen) atoms. The van der Waals surface area contributed by atoms with Crippen LogP contribution in [0.2, 0.25) is 0 Å². The number of amides is 1. The second-order valence-corrected chi connectivity index (χ2v) is 2.99. The van der Waals surface area contributed by atoms with E-state index in [-0.39, 0.29) is 0 Å². The lowest BCUT2D eigenvalue weighted by Crippen LogP contribution is -2.37. The van der Waals surface area contributed by atoms with Gasteiger partial charge in [0.25, 0.3) is 5.91 Å². The Morgan fingerprint density at radius 1 is 1.22 bits per heavy atom. The first kappa shape index (κ1) is 15.6. The third kappa shape index (κ3) is 6.26. The predicted molar refractivity (Wildman–Crippen MR) is 57.4 cm³/mol. The molecule has 2 N–H and O–H groups in total. The van der Waals surface area contributed by atoms with E-state index in [1.807, 2.05) is 0 Å². The molecule has 0 aromatic carbocycles. The average Bonchev–Trinajstić information content (AvgIpc) is 2.33. The normalized spacial score (nSPS) is 11.7. The second kappa shape index (κ2) is 7.82. The minimum Gasteiger partial charge on any atom is -0.481 e. The number of hydrogen-bond acceptors (Lipinski definition) is 6. The van der Waals surface area contributed by atoms with Gasteiger partial charge < -0.3 is 19.9 Å². The number of carboxylic acids is 1. The Bertz CT molecular complexity index is 374. The first-order valence-electron chi connectivity index (χ1n) is 4.80. The number of carboxylic acid groups (broad SMARTS) is 1. The van der Waals surface area contributed by atoms with Gasteiger partial charge in [-0.2, -0.15) is 0 Å². The molecule has 1 unspecified atom stereocenters. The Hall–Kier alpha value is -2.38. The van der Waals surface area contributed by atoms with Gasteiger partial charge in [-0.1, -0.05) is 0 Å². The monoisotopic (exact) mass is 259 g/mol. The maximum atomic E-state index is 11.2. The van der Waals surface area contributed by atoms with Crippen LogP contribution in [-0.4, -0.2) is 49.2 Å². The number of ether oxygens (including phenoxy) is 2. The highest BCUT2D eigenvalue weighted by Gasteiger charge is 2.24. The molecule has 1 amide bonds.